The summed E-state index contributed by atoms with van der Waals surface area (Å²) in [6, 6.07) is 11.1. The third-order valence-electron chi connectivity index (χ3n) is 5.17. The number of carbonyl (C=O) groups is 2. The van der Waals surface area contributed by atoms with E-state index in [0.29, 0.717) is 22.7 Å². The molecule has 2 saturated heterocycles. The minimum atomic E-state index is -0.128. The number of anilines is 1. The van der Waals surface area contributed by atoms with Crippen LogP contribution in [-0.4, -0.2) is 53.5 Å². The van der Waals surface area contributed by atoms with Crippen LogP contribution < -0.4 is 5.32 Å². The second-order valence-corrected chi connectivity index (χ2v) is 9.22. The Balaban J connectivity index is 1.44. The van der Waals surface area contributed by atoms with E-state index in [-0.39, 0.29) is 24.0 Å². The van der Waals surface area contributed by atoms with Crippen LogP contribution in [0.25, 0.3) is 0 Å². The molecular formula is C21H24N2O3S2. The zero-order chi connectivity index (χ0) is 19.3. The normalized spacial score (nSPS) is 21.6. The quantitative estimate of drug-likeness (QED) is 0.769. The first-order chi connectivity index (χ1) is 13.7. The van der Waals surface area contributed by atoms with Crippen molar-refractivity contribution in [3.63, 3.8) is 0 Å². The summed E-state index contributed by atoms with van der Waals surface area (Å²) in [7, 11) is 0. The Kier molecular flexibility index (Phi) is 6.34. The van der Waals surface area contributed by atoms with Gasteiger partial charge in [0.1, 0.15) is 0 Å². The predicted molar refractivity (Wildman–Crippen MR) is 114 cm³/mol. The molecule has 7 heteroatoms. The van der Waals surface area contributed by atoms with E-state index in [1.54, 1.807) is 30.3 Å². The second kappa shape index (κ2) is 9.11. The molecule has 0 bridgehead atoms. The SMILES string of the molecule is O=C(Nc1ccc(C(=O)N(CC2CCCO2)C2CCSC2)cc1)c1cccs1. The number of thioether (sulfide) groups is 1. The summed E-state index contributed by atoms with van der Waals surface area (Å²) >= 11 is 3.31. The first-order valence-electron chi connectivity index (χ1n) is 9.66. The van der Waals surface area contributed by atoms with E-state index in [2.05, 4.69) is 5.32 Å². The van der Waals surface area contributed by atoms with Crippen LogP contribution >= 0.6 is 23.1 Å². The highest BCUT2D eigenvalue weighted by molar-refractivity contribution is 7.99. The van der Waals surface area contributed by atoms with Crippen LogP contribution in [-0.2, 0) is 4.74 Å². The van der Waals surface area contributed by atoms with Crippen molar-refractivity contribution in [2.45, 2.75) is 31.4 Å². The summed E-state index contributed by atoms with van der Waals surface area (Å²) < 4.78 is 5.78. The molecule has 4 rings (SSSR count). The molecular weight excluding hydrogens is 392 g/mol. The number of nitrogens with one attached hydrogen (secondary N) is 1. The minimum Gasteiger partial charge on any atom is -0.376 e. The molecule has 2 aliphatic heterocycles. The maximum absolute atomic E-state index is 13.2. The smallest absolute Gasteiger partial charge is 0.265 e. The molecule has 1 N–H and O–H groups in total. The van der Waals surface area contributed by atoms with Crippen LogP contribution in [0, 0.1) is 0 Å². The van der Waals surface area contributed by atoms with Crippen LogP contribution in [0.2, 0.25) is 0 Å². The fraction of sp³-hybridized carbons (Fsp3) is 0.429. The van der Waals surface area contributed by atoms with Gasteiger partial charge in [0.05, 0.1) is 11.0 Å². The fourth-order valence-corrected chi connectivity index (χ4v) is 5.48. The molecule has 5 nitrogen and oxygen atoms in total. The van der Waals surface area contributed by atoms with Gasteiger partial charge in [0.25, 0.3) is 11.8 Å². The van der Waals surface area contributed by atoms with Crippen molar-refractivity contribution >= 4 is 40.6 Å². The number of hydrogen-bond acceptors (Lipinski definition) is 5. The number of nitrogens with zero attached hydrogens (tertiary/aromatic N) is 1. The van der Waals surface area contributed by atoms with Gasteiger partial charge in [0, 0.05) is 36.2 Å². The van der Waals surface area contributed by atoms with Gasteiger partial charge in [0.15, 0.2) is 0 Å². The predicted octanol–water partition coefficient (Wildman–Crippen LogP) is 4.13. The fourth-order valence-electron chi connectivity index (χ4n) is 3.64. The average Bonchev–Trinajstić information content (AvgIpc) is 3.49. The van der Waals surface area contributed by atoms with Crippen LogP contribution in [0.3, 0.4) is 0 Å². The van der Waals surface area contributed by atoms with Gasteiger partial charge >= 0.3 is 0 Å². The number of hydrogen-bond donors (Lipinski definition) is 1. The Morgan fingerprint density at radius 2 is 2.04 bits per heavy atom. The van der Waals surface area contributed by atoms with Gasteiger partial charge in [-0.1, -0.05) is 6.07 Å². The van der Waals surface area contributed by atoms with Crippen LogP contribution in [0.5, 0.6) is 0 Å². The summed E-state index contributed by atoms with van der Waals surface area (Å²) in [5.74, 6) is 2.03. The van der Waals surface area contributed by atoms with Crippen molar-refractivity contribution in [2.24, 2.45) is 0 Å². The molecule has 2 aromatic rings. The molecule has 0 aliphatic carbocycles. The third-order valence-corrected chi connectivity index (χ3v) is 7.18. The molecule has 2 unspecified atom stereocenters. The van der Waals surface area contributed by atoms with Gasteiger partial charge in [-0.15, -0.1) is 11.3 Å². The number of benzene rings is 1. The lowest BCUT2D eigenvalue weighted by molar-refractivity contribution is 0.0442. The average molecular weight is 417 g/mol. The van der Waals surface area contributed by atoms with E-state index in [4.69, 9.17) is 4.74 Å². The zero-order valence-corrected chi connectivity index (χ0v) is 17.3. The molecule has 0 spiro atoms. The number of carbonyl (C=O) groups excluding carboxylic acids is 2. The largest absolute Gasteiger partial charge is 0.376 e. The van der Waals surface area contributed by atoms with Crippen molar-refractivity contribution < 1.29 is 14.3 Å². The lowest BCUT2D eigenvalue weighted by Gasteiger charge is -2.31. The Labute approximate surface area is 173 Å². The summed E-state index contributed by atoms with van der Waals surface area (Å²) in [6.45, 7) is 1.46. The molecule has 1 aromatic carbocycles. The molecule has 2 atom stereocenters. The van der Waals surface area contributed by atoms with Crippen molar-refractivity contribution in [2.75, 3.05) is 30.0 Å². The van der Waals surface area contributed by atoms with Crippen molar-refractivity contribution in [3.05, 3.63) is 52.2 Å². The molecule has 2 fully saturated rings. The topological polar surface area (TPSA) is 58.6 Å². The molecule has 3 heterocycles. The first-order valence-corrected chi connectivity index (χ1v) is 11.7. The van der Waals surface area contributed by atoms with Gasteiger partial charge in [-0.25, -0.2) is 0 Å². The second-order valence-electron chi connectivity index (χ2n) is 7.12. The number of rotatable bonds is 6. The van der Waals surface area contributed by atoms with E-state index in [1.165, 1.54) is 11.3 Å². The van der Waals surface area contributed by atoms with Gasteiger partial charge in [-0.3, -0.25) is 9.59 Å². The van der Waals surface area contributed by atoms with Gasteiger partial charge in [-0.2, -0.15) is 11.8 Å². The maximum atomic E-state index is 13.2. The number of thiophene rings is 1. The number of amides is 2. The third kappa shape index (κ3) is 4.59. The molecule has 148 valence electrons. The summed E-state index contributed by atoms with van der Waals surface area (Å²) in [5.41, 5.74) is 1.35. The van der Waals surface area contributed by atoms with E-state index >= 15 is 0 Å². The molecule has 28 heavy (non-hydrogen) atoms. The van der Waals surface area contributed by atoms with Crippen LogP contribution in [0.1, 0.15) is 39.3 Å². The minimum absolute atomic E-state index is 0.0548. The van der Waals surface area contributed by atoms with Crippen molar-refractivity contribution in [1.82, 2.24) is 4.90 Å². The van der Waals surface area contributed by atoms with Crippen LogP contribution in [0.15, 0.2) is 41.8 Å². The highest BCUT2D eigenvalue weighted by Crippen LogP contribution is 2.26. The molecule has 2 aliphatic rings. The lowest BCUT2D eigenvalue weighted by atomic mass is 10.1. The number of ether oxygens (including phenoxy) is 1. The standard InChI is InChI=1S/C21H24N2O3S2/c24-20(19-4-2-11-28-19)22-16-7-5-15(6-8-16)21(25)23(17-9-12-27-14-17)13-18-3-1-10-26-18/h2,4-8,11,17-18H,1,3,9-10,12-14H2,(H,22,24). The van der Waals surface area contributed by atoms with Gasteiger partial charge in [-0.05, 0) is 60.7 Å². The van der Waals surface area contributed by atoms with Gasteiger partial charge in [0.2, 0.25) is 0 Å². The van der Waals surface area contributed by atoms with E-state index in [1.807, 2.05) is 28.1 Å². The van der Waals surface area contributed by atoms with E-state index < -0.39 is 0 Å². The summed E-state index contributed by atoms with van der Waals surface area (Å²) in [4.78, 5) is 28.1. The van der Waals surface area contributed by atoms with Gasteiger partial charge < -0.3 is 15.0 Å². The van der Waals surface area contributed by atoms with Crippen LogP contribution in [0.4, 0.5) is 5.69 Å². The zero-order valence-electron chi connectivity index (χ0n) is 15.6. The Hall–Kier alpha value is -1.83. The van der Waals surface area contributed by atoms with Crippen molar-refractivity contribution in [1.29, 1.82) is 0 Å². The highest BCUT2D eigenvalue weighted by atomic mass is 32.2. The molecule has 2 amide bonds. The summed E-state index contributed by atoms with van der Waals surface area (Å²) in [6.07, 6.45) is 3.29. The van der Waals surface area contributed by atoms with Crippen molar-refractivity contribution in [3.8, 4) is 0 Å². The Bertz CT molecular complexity index is 796. The highest BCUT2D eigenvalue weighted by Gasteiger charge is 2.31. The Morgan fingerprint density at radius 3 is 2.68 bits per heavy atom. The van der Waals surface area contributed by atoms with E-state index in [0.717, 1.165) is 37.4 Å². The maximum Gasteiger partial charge on any atom is 0.265 e. The lowest BCUT2D eigenvalue weighted by Crippen LogP contribution is -2.44. The first kappa shape index (κ1) is 19.5. The van der Waals surface area contributed by atoms with E-state index in [9.17, 15) is 9.59 Å². The Morgan fingerprint density at radius 1 is 1.18 bits per heavy atom. The molecule has 0 radical (unpaired) electrons. The summed E-state index contributed by atoms with van der Waals surface area (Å²) in [5, 5.41) is 4.75. The molecule has 0 saturated carbocycles. The monoisotopic (exact) mass is 416 g/mol. The molecule has 1 aromatic heterocycles.